The molecule has 2 unspecified atom stereocenters. The van der Waals surface area contributed by atoms with Gasteiger partial charge in [0, 0.05) is 19.0 Å². The standard InChI is InChI=1S/C16H24N2O4/c1-15(2,3)22-14(21)18-8-11-6-16(11,9-18)13(20)17-7-12(19)10-4-5-10/h10-11H,4-9H2,1-3H3,(H,17,20). The zero-order valence-corrected chi connectivity index (χ0v) is 13.5. The van der Waals surface area contributed by atoms with Crippen LogP contribution in [0.15, 0.2) is 0 Å². The number of amides is 2. The van der Waals surface area contributed by atoms with E-state index in [0.717, 1.165) is 19.3 Å². The number of nitrogens with zero attached hydrogens (tertiary/aromatic N) is 1. The van der Waals surface area contributed by atoms with Gasteiger partial charge in [0.25, 0.3) is 0 Å². The fourth-order valence-electron chi connectivity index (χ4n) is 3.19. The molecular weight excluding hydrogens is 284 g/mol. The van der Waals surface area contributed by atoms with Gasteiger partial charge >= 0.3 is 6.09 Å². The molecule has 2 amide bonds. The largest absolute Gasteiger partial charge is 0.444 e. The molecule has 6 nitrogen and oxygen atoms in total. The van der Waals surface area contributed by atoms with Crippen LogP contribution >= 0.6 is 0 Å². The van der Waals surface area contributed by atoms with Crippen molar-refractivity contribution in [2.45, 2.75) is 45.6 Å². The third-order valence-corrected chi connectivity index (χ3v) is 4.71. The van der Waals surface area contributed by atoms with Crippen LogP contribution in [-0.2, 0) is 14.3 Å². The monoisotopic (exact) mass is 308 g/mol. The molecule has 0 radical (unpaired) electrons. The van der Waals surface area contributed by atoms with E-state index in [2.05, 4.69) is 5.32 Å². The van der Waals surface area contributed by atoms with Crippen molar-refractivity contribution in [2.24, 2.45) is 17.3 Å². The molecule has 0 spiro atoms. The molecule has 2 saturated carbocycles. The third kappa shape index (κ3) is 2.96. The van der Waals surface area contributed by atoms with Crippen LogP contribution in [0.5, 0.6) is 0 Å². The van der Waals surface area contributed by atoms with Crippen LogP contribution in [-0.4, -0.2) is 47.9 Å². The van der Waals surface area contributed by atoms with Crippen LogP contribution in [0, 0.1) is 17.3 Å². The van der Waals surface area contributed by atoms with Gasteiger partial charge in [0.1, 0.15) is 5.60 Å². The van der Waals surface area contributed by atoms with E-state index < -0.39 is 11.0 Å². The van der Waals surface area contributed by atoms with Gasteiger partial charge in [0.2, 0.25) is 5.91 Å². The van der Waals surface area contributed by atoms with Gasteiger partial charge in [0.05, 0.1) is 12.0 Å². The summed E-state index contributed by atoms with van der Waals surface area (Å²) in [7, 11) is 0. The Bertz CT molecular complexity index is 521. The van der Waals surface area contributed by atoms with Crippen molar-refractivity contribution >= 4 is 17.8 Å². The van der Waals surface area contributed by atoms with Crippen LogP contribution in [0.2, 0.25) is 0 Å². The van der Waals surface area contributed by atoms with Crippen LogP contribution in [0.1, 0.15) is 40.0 Å². The number of carbonyl (C=O) groups is 3. The second-order valence-electron chi connectivity index (χ2n) is 7.84. The van der Waals surface area contributed by atoms with Crippen molar-refractivity contribution in [2.75, 3.05) is 19.6 Å². The van der Waals surface area contributed by atoms with Crippen LogP contribution < -0.4 is 5.32 Å². The first-order chi connectivity index (χ1) is 10.2. The summed E-state index contributed by atoms with van der Waals surface area (Å²) in [6.07, 6.45) is 2.35. The minimum absolute atomic E-state index is 0.0856. The maximum absolute atomic E-state index is 12.4. The molecule has 2 aliphatic carbocycles. The highest BCUT2D eigenvalue weighted by Crippen LogP contribution is 2.58. The van der Waals surface area contributed by atoms with Gasteiger partial charge in [-0.25, -0.2) is 4.79 Å². The first kappa shape index (κ1) is 15.3. The van der Waals surface area contributed by atoms with Crippen LogP contribution in [0.25, 0.3) is 0 Å². The Morgan fingerprint density at radius 2 is 1.95 bits per heavy atom. The maximum Gasteiger partial charge on any atom is 0.410 e. The Morgan fingerprint density at radius 1 is 1.27 bits per heavy atom. The van der Waals surface area contributed by atoms with E-state index in [0.29, 0.717) is 13.1 Å². The van der Waals surface area contributed by atoms with Crippen molar-refractivity contribution < 1.29 is 19.1 Å². The number of hydrogen-bond acceptors (Lipinski definition) is 4. The van der Waals surface area contributed by atoms with Gasteiger partial charge in [-0.2, -0.15) is 0 Å². The molecule has 0 aromatic carbocycles. The summed E-state index contributed by atoms with van der Waals surface area (Å²) in [5.74, 6) is 0.409. The molecule has 22 heavy (non-hydrogen) atoms. The van der Waals surface area contributed by atoms with E-state index in [4.69, 9.17) is 4.74 Å². The van der Waals surface area contributed by atoms with Crippen LogP contribution in [0.4, 0.5) is 4.79 Å². The van der Waals surface area contributed by atoms with Crippen molar-refractivity contribution in [3.8, 4) is 0 Å². The Hall–Kier alpha value is -1.59. The molecule has 122 valence electrons. The van der Waals surface area contributed by atoms with Crippen molar-refractivity contribution in [1.82, 2.24) is 10.2 Å². The van der Waals surface area contributed by atoms with Crippen molar-refractivity contribution in [3.05, 3.63) is 0 Å². The predicted octanol–water partition coefficient (Wildman–Crippen LogP) is 1.34. The molecule has 0 aromatic rings. The number of Topliss-reactive ketones (excluding diaryl/α,β-unsaturated/α-hetero) is 1. The summed E-state index contributed by atoms with van der Waals surface area (Å²) in [6, 6.07) is 0. The lowest BCUT2D eigenvalue weighted by Gasteiger charge is -2.26. The molecule has 3 rings (SSSR count). The van der Waals surface area contributed by atoms with E-state index in [1.165, 1.54) is 0 Å². The molecular formula is C16H24N2O4. The molecule has 0 aromatic heterocycles. The quantitative estimate of drug-likeness (QED) is 0.850. The lowest BCUT2D eigenvalue weighted by Crippen LogP contribution is -2.42. The van der Waals surface area contributed by atoms with E-state index in [-0.39, 0.29) is 36.2 Å². The first-order valence-electron chi connectivity index (χ1n) is 8.00. The molecule has 3 fully saturated rings. The molecule has 0 bridgehead atoms. The van der Waals surface area contributed by atoms with Gasteiger partial charge in [0.15, 0.2) is 5.78 Å². The highest BCUT2D eigenvalue weighted by molar-refractivity contribution is 5.93. The number of carbonyl (C=O) groups excluding carboxylic acids is 3. The number of ketones is 1. The second kappa shape index (κ2) is 4.96. The Labute approximate surface area is 130 Å². The van der Waals surface area contributed by atoms with Gasteiger partial charge in [-0.3, -0.25) is 9.59 Å². The fraction of sp³-hybridized carbons (Fsp3) is 0.812. The highest BCUT2D eigenvalue weighted by atomic mass is 16.6. The minimum atomic E-state index is -0.532. The van der Waals surface area contributed by atoms with Gasteiger partial charge < -0.3 is 15.0 Å². The van der Waals surface area contributed by atoms with E-state index in [9.17, 15) is 14.4 Å². The Kier molecular flexibility index (Phi) is 3.45. The summed E-state index contributed by atoms with van der Waals surface area (Å²) >= 11 is 0. The molecule has 1 heterocycles. The van der Waals surface area contributed by atoms with Crippen LogP contribution in [0.3, 0.4) is 0 Å². The normalized spacial score (nSPS) is 29.8. The topological polar surface area (TPSA) is 75.7 Å². The molecule has 1 N–H and O–H groups in total. The fourth-order valence-corrected chi connectivity index (χ4v) is 3.19. The average Bonchev–Trinajstić information content (AvgIpc) is 3.32. The summed E-state index contributed by atoms with van der Waals surface area (Å²) in [4.78, 5) is 37.7. The van der Waals surface area contributed by atoms with Gasteiger partial charge in [-0.05, 0) is 46.0 Å². The average molecular weight is 308 g/mol. The molecule has 3 aliphatic rings. The predicted molar refractivity (Wildman–Crippen MR) is 79.1 cm³/mol. The lowest BCUT2D eigenvalue weighted by molar-refractivity contribution is -0.129. The van der Waals surface area contributed by atoms with Gasteiger partial charge in [-0.15, -0.1) is 0 Å². The van der Waals surface area contributed by atoms with Crippen molar-refractivity contribution in [1.29, 1.82) is 0 Å². The summed E-state index contributed by atoms with van der Waals surface area (Å²) in [5, 5.41) is 2.77. The molecule has 1 aliphatic heterocycles. The Morgan fingerprint density at radius 3 is 2.55 bits per heavy atom. The van der Waals surface area contributed by atoms with Gasteiger partial charge in [-0.1, -0.05) is 0 Å². The number of nitrogens with one attached hydrogen (secondary N) is 1. The summed E-state index contributed by atoms with van der Waals surface area (Å²) in [5.41, 5.74) is -1.02. The first-order valence-corrected chi connectivity index (χ1v) is 8.00. The SMILES string of the molecule is CC(C)(C)OC(=O)N1CC2CC2(C(=O)NCC(=O)C2CC2)C1. The number of piperidine rings is 1. The Balaban J connectivity index is 1.51. The number of fused-ring (bicyclic) bond motifs is 1. The molecule has 1 saturated heterocycles. The maximum atomic E-state index is 12.4. The minimum Gasteiger partial charge on any atom is -0.444 e. The summed E-state index contributed by atoms with van der Waals surface area (Å²) < 4.78 is 5.35. The van der Waals surface area contributed by atoms with E-state index in [1.54, 1.807) is 4.90 Å². The zero-order chi connectivity index (χ0) is 16.1. The van der Waals surface area contributed by atoms with Crippen molar-refractivity contribution in [3.63, 3.8) is 0 Å². The third-order valence-electron chi connectivity index (χ3n) is 4.71. The highest BCUT2D eigenvalue weighted by Gasteiger charge is 2.66. The van der Waals surface area contributed by atoms with E-state index >= 15 is 0 Å². The zero-order valence-electron chi connectivity index (χ0n) is 13.5. The lowest BCUT2D eigenvalue weighted by atomic mass is 10.1. The summed E-state index contributed by atoms with van der Waals surface area (Å²) in [6.45, 7) is 6.58. The molecule has 2 atom stereocenters. The molecule has 6 heteroatoms. The number of rotatable bonds is 4. The smallest absolute Gasteiger partial charge is 0.410 e. The number of ether oxygens (including phenoxy) is 1. The number of hydrogen-bond donors (Lipinski definition) is 1. The second-order valence-corrected chi connectivity index (χ2v) is 7.84. The number of likely N-dealkylation sites (tertiary alicyclic amines) is 1. The van der Waals surface area contributed by atoms with E-state index in [1.807, 2.05) is 20.8 Å².